The van der Waals surface area contributed by atoms with Gasteiger partial charge in [-0.15, -0.1) is 0 Å². The Morgan fingerprint density at radius 1 is 1.44 bits per heavy atom. The van der Waals surface area contributed by atoms with E-state index in [4.69, 9.17) is 5.14 Å². The molecule has 0 bridgehead atoms. The van der Waals surface area contributed by atoms with E-state index in [9.17, 15) is 12.8 Å². The van der Waals surface area contributed by atoms with Crippen molar-refractivity contribution in [1.29, 1.82) is 0 Å². The van der Waals surface area contributed by atoms with Gasteiger partial charge in [-0.05, 0) is 33.6 Å². The van der Waals surface area contributed by atoms with Crippen LogP contribution < -0.4 is 5.14 Å². The maximum atomic E-state index is 13.0. The molecule has 1 aromatic heterocycles. The fourth-order valence-corrected chi connectivity index (χ4v) is 2.32. The van der Waals surface area contributed by atoms with Gasteiger partial charge in [-0.3, -0.25) is 0 Å². The van der Waals surface area contributed by atoms with Gasteiger partial charge in [0.2, 0.25) is 0 Å². The Morgan fingerprint density at radius 3 is 2.72 bits per heavy atom. The lowest BCUT2D eigenvalue weighted by Crippen LogP contribution is -2.12. The van der Waals surface area contributed by atoms with E-state index in [1.165, 1.54) is 18.6 Å². The maximum absolute atomic E-state index is 13.0. The molecule has 2 rings (SSSR count). The summed E-state index contributed by atoms with van der Waals surface area (Å²) < 4.78 is 37.0. The first-order chi connectivity index (χ1) is 8.36. The second-order valence-electron chi connectivity index (χ2n) is 3.68. The number of nitrogens with two attached hydrogens (primary N) is 1. The number of primary sulfonamides is 1. The van der Waals surface area contributed by atoms with Crippen LogP contribution in [0.2, 0.25) is 0 Å². The first-order valence-electron chi connectivity index (χ1n) is 4.85. The first kappa shape index (κ1) is 13.2. The van der Waals surface area contributed by atoms with Crippen LogP contribution in [0.5, 0.6) is 0 Å². The summed E-state index contributed by atoms with van der Waals surface area (Å²) in [6.45, 7) is 0.376. The van der Waals surface area contributed by atoms with Crippen LogP contribution in [0.15, 0.2) is 40.2 Å². The van der Waals surface area contributed by atoms with Gasteiger partial charge in [-0.2, -0.15) is 0 Å². The number of halogens is 2. The summed E-state index contributed by atoms with van der Waals surface area (Å²) >= 11 is 3.08. The van der Waals surface area contributed by atoms with Crippen molar-refractivity contribution in [3.05, 3.63) is 46.6 Å². The van der Waals surface area contributed by atoms with Crippen LogP contribution >= 0.6 is 15.9 Å². The fourth-order valence-electron chi connectivity index (χ4n) is 1.42. The molecule has 0 saturated heterocycles. The van der Waals surface area contributed by atoms with Crippen molar-refractivity contribution in [2.75, 3.05) is 0 Å². The highest BCUT2D eigenvalue weighted by Crippen LogP contribution is 2.17. The summed E-state index contributed by atoms with van der Waals surface area (Å²) in [7, 11) is -3.79. The maximum Gasteiger partial charge on any atom is 0.257 e. The van der Waals surface area contributed by atoms with Crippen LogP contribution in [0.4, 0.5) is 4.39 Å². The molecule has 2 N–H and O–H groups in total. The van der Waals surface area contributed by atoms with Crippen LogP contribution in [0.25, 0.3) is 0 Å². The Morgan fingerprint density at radius 2 is 2.17 bits per heavy atom. The molecule has 0 aliphatic carbocycles. The van der Waals surface area contributed by atoms with Gasteiger partial charge in [0, 0.05) is 12.7 Å². The molecule has 96 valence electrons. The van der Waals surface area contributed by atoms with Crippen molar-refractivity contribution in [3.63, 3.8) is 0 Å². The predicted molar refractivity (Wildman–Crippen MR) is 66.8 cm³/mol. The van der Waals surface area contributed by atoms with Crippen molar-refractivity contribution in [2.24, 2.45) is 5.14 Å². The van der Waals surface area contributed by atoms with E-state index < -0.39 is 10.0 Å². The van der Waals surface area contributed by atoms with Crippen molar-refractivity contribution in [3.8, 4) is 0 Å². The van der Waals surface area contributed by atoms with Crippen molar-refractivity contribution < 1.29 is 12.8 Å². The second-order valence-corrected chi connectivity index (χ2v) is 6.04. The molecular weight excluding hydrogens is 325 g/mol. The Kier molecular flexibility index (Phi) is 3.51. The van der Waals surface area contributed by atoms with Gasteiger partial charge in [-0.1, -0.05) is 6.07 Å². The number of aromatic nitrogens is 2. The second kappa shape index (κ2) is 4.79. The van der Waals surface area contributed by atoms with Gasteiger partial charge in [0.25, 0.3) is 10.0 Å². The summed E-state index contributed by atoms with van der Waals surface area (Å²) in [6.07, 6.45) is 2.68. The highest BCUT2D eigenvalue weighted by molar-refractivity contribution is 9.10. The smallest absolute Gasteiger partial charge is 0.257 e. The number of sulfonamides is 1. The van der Waals surface area contributed by atoms with E-state index in [0.29, 0.717) is 11.0 Å². The van der Waals surface area contributed by atoms with Gasteiger partial charge in [0.05, 0.1) is 10.8 Å². The average Bonchev–Trinajstić information content (AvgIpc) is 2.72. The van der Waals surface area contributed by atoms with E-state index in [1.54, 1.807) is 16.7 Å². The van der Waals surface area contributed by atoms with Crippen molar-refractivity contribution in [1.82, 2.24) is 9.55 Å². The van der Waals surface area contributed by atoms with Crippen LogP contribution in [0.1, 0.15) is 5.56 Å². The first-order valence-corrected chi connectivity index (χ1v) is 7.19. The van der Waals surface area contributed by atoms with E-state index in [2.05, 4.69) is 20.9 Å². The minimum atomic E-state index is -3.79. The molecule has 8 heteroatoms. The standard InChI is InChI=1S/C10H9BrFN3O2S/c11-8-3-7(1-2-9(8)12)4-15-5-10(14-6-15)18(13,16)17/h1-3,5-6H,4H2,(H2,13,16,17). The summed E-state index contributed by atoms with van der Waals surface area (Å²) in [5.74, 6) is -0.352. The molecule has 0 radical (unpaired) electrons. The fraction of sp³-hybridized carbons (Fsp3) is 0.100. The molecule has 0 aliphatic heterocycles. The molecule has 5 nitrogen and oxygen atoms in total. The molecule has 0 atom stereocenters. The topological polar surface area (TPSA) is 78.0 Å². The van der Waals surface area contributed by atoms with E-state index >= 15 is 0 Å². The van der Waals surface area contributed by atoms with Gasteiger partial charge in [0.1, 0.15) is 5.82 Å². The van der Waals surface area contributed by atoms with Gasteiger partial charge < -0.3 is 4.57 Å². The number of imidazole rings is 1. The van der Waals surface area contributed by atoms with E-state index in [-0.39, 0.29) is 10.8 Å². The third kappa shape index (κ3) is 2.95. The highest BCUT2D eigenvalue weighted by atomic mass is 79.9. The third-order valence-electron chi connectivity index (χ3n) is 2.25. The molecular formula is C10H9BrFN3O2S. The number of nitrogens with zero attached hydrogens (tertiary/aromatic N) is 2. The predicted octanol–water partition coefficient (Wildman–Crippen LogP) is 1.48. The normalized spacial score (nSPS) is 11.7. The molecule has 0 saturated carbocycles. The number of rotatable bonds is 3. The monoisotopic (exact) mass is 333 g/mol. The number of benzene rings is 1. The Labute approximate surface area is 112 Å². The quantitative estimate of drug-likeness (QED) is 0.924. The zero-order valence-corrected chi connectivity index (χ0v) is 11.4. The lowest BCUT2D eigenvalue weighted by atomic mass is 10.2. The molecule has 0 aliphatic rings. The Hall–Kier alpha value is -1.25. The molecule has 1 aromatic carbocycles. The van der Waals surface area contributed by atoms with Gasteiger partial charge >= 0.3 is 0 Å². The SMILES string of the molecule is NS(=O)(=O)c1cn(Cc2ccc(F)c(Br)c2)cn1. The molecule has 2 aromatic rings. The summed E-state index contributed by atoms with van der Waals surface area (Å²) in [5.41, 5.74) is 0.807. The van der Waals surface area contributed by atoms with Crippen LogP contribution in [-0.2, 0) is 16.6 Å². The summed E-state index contributed by atoms with van der Waals surface area (Å²) in [4.78, 5) is 3.69. The molecule has 0 amide bonds. The third-order valence-corrected chi connectivity index (χ3v) is 3.65. The molecule has 0 spiro atoms. The summed E-state index contributed by atoms with van der Waals surface area (Å²) in [6, 6.07) is 4.56. The van der Waals surface area contributed by atoms with Crippen LogP contribution in [0.3, 0.4) is 0 Å². The lowest BCUT2D eigenvalue weighted by Gasteiger charge is -2.03. The molecule has 18 heavy (non-hydrogen) atoms. The minimum absolute atomic E-state index is 0.191. The van der Waals surface area contributed by atoms with E-state index in [1.807, 2.05) is 0 Å². The molecule has 0 fully saturated rings. The lowest BCUT2D eigenvalue weighted by molar-refractivity contribution is 0.594. The number of hydrogen-bond donors (Lipinski definition) is 1. The Balaban J connectivity index is 2.24. The van der Waals surface area contributed by atoms with Crippen molar-refractivity contribution in [2.45, 2.75) is 11.6 Å². The van der Waals surface area contributed by atoms with Crippen LogP contribution in [0, 0.1) is 5.82 Å². The average molecular weight is 334 g/mol. The zero-order chi connectivity index (χ0) is 13.3. The largest absolute Gasteiger partial charge is 0.332 e. The van der Waals surface area contributed by atoms with Gasteiger partial charge in [-0.25, -0.2) is 22.9 Å². The van der Waals surface area contributed by atoms with Crippen LogP contribution in [-0.4, -0.2) is 18.0 Å². The molecule has 0 unspecified atom stereocenters. The summed E-state index contributed by atoms with van der Waals surface area (Å²) in [5, 5.41) is 4.76. The highest BCUT2D eigenvalue weighted by Gasteiger charge is 2.11. The molecule has 1 heterocycles. The minimum Gasteiger partial charge on any atom is -0.332 e. The van der Waals surface area contributed by atoms with Crippen molar-refractivity contribution >= 4 is 26.0 Å². The van der Waals surface area contributed by atoms with Gasteiger partial charge in [0.15, 0.2) is 5.03 Å². The zero-order valence-electron chi connectivity index (χ0n) is 9.05. The number of hydrogen-bond acceptors (Lipinski definition) is 3. The van der Waals surface area contributed by atoms with E-state index in [0.717, 1.165) is 5.56 Å². The Bertz CT molecular complexity index is 684.